The maximum Gasteiger partial charge on any atom is 0.234 e. The monoisotopic (exact) mass is 416 g/mol. The zero-order chi connectivity index (χ0) is 22.6. The van der Waals surface area contributed by atoms with E-state index in [0.717, 1.165) is 11.3 Å². The van der Waals surface area contributed by atoms with Crippen LogP contribution in [-0.2, 0) is 15.0 Å². The van der Waals surface area contributed by atoms with Gasteiger partial charge in [-0.15, -0.1) is 0 Å². The van der Waals surface area contributed by atoms with Crippen molar-refractivity contribution in [3.63, 3.8) is 0 Å². The lowest BCUT2D eigenvalue weighted by molar-refractivity contribution is -0.140. The van der Waals surface area contributed by atoms with E-state index in [-0.39, 0.29) is 36.0 Å². The van der Waals surface area contributed by atoms with Crippen LogP contribution in [-0.4, -0.2) is 45.5 Å². The molecule has 1 saturated heterocycles. The number of Topliss-reactive ketones (excluding diaryl/α,β-unsaturated/α-hetero) is 1. The molecule has 6 heteroatoms. The molecule has 6 nitrogen and oxygen atoms in total. The summed E-state index contributed by atoms with van der Waals surface area (Å²) in [6, 6.07) is 1.23. The van der Waals surface area contributed by atoms with Crippen LogP contribution in [0, 0.1) is 5.92 Å². The normalized spacial score (nSPS) is 21.2. The summed E-state index contributed by atoms with van der Waals surface area (Å²) in [5.41, 5.74) is 1.59. The minimum Gasteiger partial charge on any atom is -0.391 e. The van der Waals surface area contributed by atoms with Crippen molar-refractivity contribution >= 4 is 11.7 Å². The minimum absolute atomic E-state index is 0.0310. The largest absolute Gasteiger partial charge is 0.391 e. The maximum atomic E-state index is 13.5. The molecule has 2 heterocycles. The molecule has 1 aromatic heterocycles. The highest BCUT2D eigenvalue weighted by Crippen LogP contribution is 2.33. The number of carbonyl (C=O) groups excluding carboxylic acids is 2. The van der Waals surface area contributed by atoms with Gasteiger partial charge in [-0.25, -0.2) is 0 Å². The van der Waals surface area contributed by atoms with Crippen molar-refractivity contribution in [1.29, 1.82) is 0 Å². The van der Waals surface area contributed by atoms with Crippen LogP contribution in [0.1, 0.15) is 78.2 Å². The molecule has 1 N–H and O–H groups in total. The van der Waals surface area contributed by atoms with Crippen molar-refractivity contribution < 1.29 is 19.2 Å². The number of rotatable bonds is 8. The predicted octanol–water partition coefficient (Wildman–Crippen LogP) is 4.16. The number of nitrogens with zero attached hydrogens (tertiary/aromatic N) is 2. The Bertz CT molecular complexity index is 800. The summed E-state index contributed by atoms with van der Waals surface area (Å²) < 4.78 is 5.56. The van der Waals surface area contributed by atoms with Gasteiger partial charge in [0.2, 0.25) is 5.91 Å². The second-order valence-electron chi connectivity index (χ2n) is 9.52. The van der Waals surface area contributed by atoms with Crippen LogP contribution < -0.4 is 0 Å². The zero-order valence-corrected chi connectivity index (χ0v) is 19.1. The topological polar surface area (TPSA) is 83.6 Å². The second kappa shape index (κ2) is 9.73. The number of aliphatic hydroxyl groups is 1. The molecule has 1 amide bonds. The third-order valence-corrected chi connectivity index (χ3v) is 5.76. The molecule has 30 heavy (non-hydrogen) atoms. The summed E-state index contributed by atoms with van der Waals surface area (Å²) in [4.78, 5) is 28.0. The van der Waals surface area contributed by atoms with Gasteiger partial charge in [0.25, 0.3) is 0 Å². The van der Waals surface area contributed by atoms with Crippen LogP contribution in [0.4, 0.5) is 0 Å². The predicted molar refractivity (Wildman–Crippen MR) is 117 cm³/mol. The fraction of sp³-hybridized carbons (Fsp3) is 0.625. The zero-order valence-electron chi connectivity index (χ0n) is 19.1. The molecule has 0 aromatic carbocycles. The molecule has 1 aromatic rings. The molecular weight excluding hydrogens is 380 g/mol. The SMILES string of the molecule is C=C/C(=C\C)CCC(=O)C1CC(O)CN1C(=O)C(c1cc(C(C)(C)C)no1)C(C)C. The highest BCUT2D eigenvalue weighted by molar-refractivity contribution is 5.92. The van der Waals surface area contributed by atoms with Crippen molar-refractivity contribution in [1.82, 2.24) is 10.1 Å². The molecule has 0 spiro atoms. The Morgan fingerprint density at radius 2 is 2.03 bits per heavy atom. The molecule has 0 aliphatic carbocycles. The van der Waals surface area contributed by atoms with Gasteiger partial charge in [-0.1, -0.05) is 64.1 Å². The number of aliphatic hydroxyl groups excluding tert-OH is 1. The van der Waals surface area contributed by atoms with Crippen molar-refractivity contribution in [2.45, 2.75) is 84.3 Å². The van der Waals surface area contributed by atoms with Crippen LogP contribution in [0.25, 0.3) is 0 Å². The fourth-order valence-corrected chi connectivity index (χ4v) is 3.86. The van der Waals surface area contributed by atoms with E-state index in [1.807, 2.05) is 53.7 Å². The van der Waals surface area contributed by atoms with E-state index in [1.54, 1.807) is 11.0 Å². The summed E-state index contributed by atoms with van der Waals surface area (Å²) >= 11 is 0. The van der Waals surface area contributed by atoms with E-state index in [4.69, 9.17) is 4.52 Å². The first-order valence-electron chi connectivity index (χ1n) is 10.8. The Morgan fingerprint density at radius 1 is 1.37 bits per heavy atom. The molecule has 3 atom stereocenters. The number of amides is 1. The quantitative estimate of drug-likeness (QED) is 0.644. The molecular formula is C24H36N2O4. The minimum atomic E-state index is -0.698. The molecule has 166 valence electrons. The number of aromatic nitrogens is 1. The van der Waals surface area contributed by atoms with Crippen molar-refractivity contribution in [2.24, 2.45) is 5.92 Å². The second-order valence-corrected chi connectivity index (χ2v) is 9.52. The number of hydrogen-bond acceptors (Lipinski definition) is 5. The summed E-state index contributed by atoms with van der Waals surface area (Å²) in [5, 5.41) is 14.4. The summed E-state index contributed by atoms with van der Waals surface area (Å²) in [6.45, 7) is 15.8. The molecule has 1 aliphatic rings. The van der Waals surface area contributed by atoms with E-state index in [2.05, 4.69) is 11.7 Å². The van der Waals surface area contributed by atoms with Gasteiger partial charge in [0.05, 0.1) is 17.8 Å². The van der Waals surface area contributed by atoms with Crippen LogP contribution in [0.15, 0.2) is 34.9 Å². The molecule has 0 saturated carbocycles. The molecule has 1 aliphatic heterocycles. The van der Waals surface area contributed by atoms with Gasteiger partial charge in [-0.2, -0.15) is 0 Å². The first-order chi connectivity index (χ1) is 14.0. The number of β-amino-alcohol motifs (C(OH)–C–C–N with tert-alkyl or cyclic N) is 1. The van der Waals surface area contributed by atoms with E-state index < -0.39 is 18.1 Å². The Balaban J connectivity index is 2.24. The van der Waals surface area contributed by atoms with Crippen molar-refractivity contribution in [2.75, 3.05) is 6.54 Å². The first kappa shape index (κ1) is 24.1. The smallest absolute Gasteiger partial charge is 0.234 e. The van der Waals surface area contributed by atoms with E-state index in [1.165, 1.54) is 0 Å². The molecule has 2 rings (SSSR count). The van der Waals surface area contributed by atoms with Gasteiger partial charge in [0.1, 0.15) is 11.7 Å². The van der Waals surface area contributed by atoms with Crippen LogP contribution >= 0.6 is 0 Å². The van der Waals surface area contributed by atoms with E-state index >= 15 is 0 Å². The Hall–Kier alpha value is -2.21. The highest BCUT2D eigenvalue weighted by Gasteiger charge is 2.43. The molecule has 3 unspecified atom stereocenters. The Labute approximate surface area is 180 Å². The summed E-state index contributed by atoms with van der Waals surface area (Å²) in [6.07, 6.45) is 4.14. The maximum absolute atomic E-state index is 13.5. The summed E-state index contributed by atoms with van der Waals surface area (Å²) in [7, 11) is 0. The van der Waals surface area contributed by atoms with E-state index in [9.17, 15) is 14.7 Å². The number of likely N-dealkylation sites (tertiary alicyclic amines) is 1. The number of ketones is 1. The molecule has 0 bridgehead atoms. The summed E-state index contributed by atoms with van der Waals surface area (Å²) in [5.74, 6) is -0.297. The van der Waals surface area contributed by atoms with Gasteiger partial charge < -0.3 is 14.5 Å². The third-order valence-electron chi connectivity index (χ3n) is 5.76. The number of carbonyl (C=O) groups is 2. The van der Waals surface area contributed by atoms with Crippen molar-refractivity contribution in [3.8, 4) is 0 Å². The average Bonchev–Trinajstić information content (AvgIpc) is 3.29. The van der Waals surface area contributed by atoms with Gasteiger partial charge >= 0.3 is 0 Å². The van der Waals surface area contributed by atoms with Gasteiger partial charge in [-0.05, 0) is 19.3 Å². The fourth-order valence-electron chi connectivity index (χ4n) is 3.86. The Kier molecular flexibility index (Phi) is 7.81. The first-order valence-corrected chi connectivity index (χ1v) is 10.8. The van der Waals surface area contributed by atoms with Gasteiger partial charge in [0, 0.05) is 30.9 Å². The van der Waals surface area contributed by atoms with Crippen LogP contribution in [0.2, 0.25) is 0 Å². The number of hydrogen-bond donors (Lipinski definition) is 1. The van der Waals surface area contributed by atoms with Gasteiger partial charge in [-0.3, -0.25) is 9.59 Å². The highest BCUT2D eigenvalue weighted by atomic mass is 16.5. The number of allylic oxidation sites excluding steroid dienone is 3. The Morgan fingerprint density at radius 3 is 2.53 bits per heavy atom. The third kappa shape index (κ3) is 5.48. The standard InChI is InChI=1S/C24H36N2O4/c1-8-16(9-2)10-11-19(28)18-12-17(27)14-26(18)23(29)22(15(3)4)20-13-21(25-30-20)24(5,6)7/h8-9,13,15,17-18,22,27H,1,10-12,14H2,2-7H3/b16-9+. The average molecular weight is 417 g/mol. The van der Waals surface area contributed by atoms with E-state index in [0.29, 0.717) is 18.6 Å². The molecule has 1 fully saturated rings. The van der Waals surface area contributed by atoms with Crippen LogP contribution in [0.5, 0.6) is 0 Å². The lowest BCUT2D eigenvalue weighted by Crippen LogP contribution is -2.44. The van der Waals surface area contributed by atoms with Gasteiger partial charge in [0.15, 0.2) is 5.78 Å². The molecule has 0 radical (unpaired) electrons. The lowest BCUT2D eigenvalue weighted by atomic mass is 9.88. The van der Waals surface area contributed by atoms with Crippen LogP contribution in [0.3, 0.4) is 0 Å². The van der Waals surface area contributed by atoms with Crippen molar-refractivity contribution in [3.05, 3.63) is 41.8 Å². The lowest BCUT2D eigenvalue weighted by Gasteiger charge is -2.28.